The molecule has 4 rings (SSSR count). The van der Waals surface area contributed by atoms with Gasteiger partial charge in [0.2, 0.25) is 15.9 Å². The van der Waals surface area contributed by atoms with Crippen molar-refractivity contribution in [2.24, 2.45) is 5.14 Å². The van der Waals surface area contributed by atoms with Gasteiger partial charge in [0.05, 0.1) is 17.0 Å². The number of nitrogens with zero attached hydrogens (tertiary/aromatic N) is 2. The van der Waals surface area contributed by atoms with Crippen molar-refractivity contribution in [3.05, 3.63) is 96.1 Å². The number of nitrogens with two attached hydrogens (primary N) is 1. The highest BCUT2D eigenvalue weighted by molar-refractivity contribution is 7.89. The first-order valence-corrected chi connectivity index (χ1v) is 12.9. The van der Waals surface area contributed by atoms with Crippen LogP contribution in [0.3, 0.4) is 0 Å². The molecule has 7 nitrogen and oxygen atoms in total. The predicted octanol–water partition coefficient (Wildman–Crippen LogP) is 3.07. The van der Waals surface area contributed by atoms with Gasteiger partial charge in [0.1, 0.15) is 0 Å². The zero-order valence-electron chi connectivity index (χ0n) is 19.2. The minimum absolute atomic E-state index is 0.0149. The Morgan fingerprint density at radius 1 is 0.794 bits per heavy atom. The van der Waals surface area contributed by atoms with Gasteiger partial charge in [-0.05, 0) is 42.3 Å². The van der Waals surface area contributed by atoms with E-state index in [1.807, 2.05) is 19.1 Å². The topological polar surface area (TPSA) is 95.7 Å². The lowest BCUT2D eigenvalue weighted by Crippen LogP contribution is -2.53. The molecule has 1 unspecified atom stereocenters. The summed E-state index contributed by atoms with van der Waals surface area (Å²) in [6, 6.07) is 26.8. The summed E-state index contributed by atoms with van der Waals surface area (Å²) in [4.78, 5) is 17.5. The molecule has 1 aliphatic heterocycles. The molecule has 1 heterocycles. The van der Waals surface area contributed by atoms with E-state index < -0.39 is 10.0 Å². The van der Waals surface area contributed by atoms with Crippen LogP contribution in [-0.2, 0) is 14.8 Å². The zero-order chi connectivity index (χ0) is 24.1. The van der Waals surface area contributed by atoms with Crippen LogP contribution < -0.4 is 10.5 Å². The molecule has 0 saturated carbocycles. The maximum atomic E-state index is 12.8. The average molecular weight is 479 g/mol. The van der Waals surface area contributed by atoms with Crippen molar-refractivity contribution in [2.45, 2.75) is 23.9 Å². The summed E-state index contributed by atoms with van der Waals surface area (Å²) in [6.45, 7) is 5.13. The molecule has 1 atom stereocenters. The van der Waals surface area contributed by atoms with E-state index in [1.54, 1.807) is 12.1 Å². The lowest BCUT2D eigenvalue weighted by molar-refractivity contribution is -0.121. The number of benzene rings is 3. The fourth-order valence-corrected chi connectivity index (χ4v) is 4.92. The molecule has 0 aromatic heterocycles. The molecule has 0 radical (unpaired) electrons. The fraction of sp³-hybridized carbons (Fsp3) is 0.269. The van der Waals surface area contributed by atoms with Gasteiger partial charge in [-0.25, -0.2) is 13.6 Å². The van der Waals surface area contributed by atoms with Crippen LogP contribution in [0.25, 0.3) is 0 Å². The first-order valence-electron chi connectivity index (χ1n) is 11.3. The van der Waals surface area contributed by atoms with E-state index in [0.717, 1.165) is 26.2 Å². The molecule has 178 valence electrons. The number of rotatable bonds is 7. The van der Waals surface area contributed by atoms with Crippen molar-refractivity contribution in [3.63, 3.8) is 0 Å². The van der Waals surface area contributed by atoms with Crippen LogP contribution in [-0.4, -0.2) is 56.3 Å². The van der Waals surface area contributed by atoms with Gasteiger partial charge in [0, 0.05) is 31.9 Å². The number of hydrogen-bond donors (Lipinski definition) is 2. The molecule has 0 aliphatic carbocycles. The molecule has 1 saturated heterocycles. The van der Waals surface area contributed by atoms with E-state index in [9.17, 15) is 13.2 Å². The Balaban J connectivity index is 1.39. The number of amides is 1. The number of hydrogen-bond acceptors (Lipinski definition) is 5. The minimum atomic E-state index is -3.76. The van der Waals surface area contributed by atoms with E-state index in [-0.39, 0.29) is 22.9 Å². The van der Waals surface area contributed by atoms with Crippen molar-refractivity contribution in [1.29, 1.82) is 0 Å². The number of primary sulfonamides is 1. The Morgan fingerprint density at radius 3 is 1.74 bits per heavy atom. The number of sulfonamides is 1. The normalized spacial score (nSPS) is 16.3. The summed E-state index contributed by atoms with van der Waals surface area (Å²) in [5.74, 6) is -0.125. The van der Waals surface area contributed by atoms with Gasteiger partial charge in [-0.3, -0.25) is 14.6 Å². The van der Waals surface area contributed by atoms with Crippen LogP contribution in [0.1, 0.15) is 24.1 Å². The van der Waals surface area contributed by atoms with Crippen LogP contribution in [0.15, 0.2) is 89.8 Å². The highest BCUT2D eigenvalue weighted by atomic mass is 32.2. The summed E-state index contributed by atoms with van der Waals surface area (Å²) in [5, 5.41) is 8.01. The first kappa shape index (κ1) is 24.1. The standard InChI is InChI=1S/C26H30N4O3S/c1-20(26(31)28-23-12-14-24(15-13-23)34(27,32)33)29-16-18-30(19-17-29)25(21-8-4-2-5-9-21)22-10-6-3-7-11-22/h2-15,20,25H,16-19H2,1H3,(H,28,31)(H2,27,32,33). The molecule has 1 aliphatic rings. The predicted molar refractivity (Wildman–Crippen MR) is 134 cm³/mol. The van der Waals surface area contributed by atoms with E-state index in [1.165, 1.54) is 23.3 Å². The third-order valence-electron chi connectivity index (χ3n) is 6.32. The molecule has 1 amide bonds. The van der Waals surface area contributed by atoms with Crippen molar-refractivity contribution >= 4 is 21.6 Å². The second-order valence-electron chi connectivity index (χ2n) is 8.53. The van der Waals surface area contributed by atoms with Gasteiger partial charge >= 0.3 is 0 Å². The lowest BCUT2D eigenvalue weighted by Gasteiger charge is -2.41. The number of anilines is 1. The molecule has 0 spiro atoms. The van der Waals surface area contributed by atoms with E-state index >= 15 is 0 Å². The molecule has 1 fully saturated rings. The maximum Gasteiger partial charge on any atom is 0.241 e. The summed E-state index contributed by atoms with van der Waals surface area (Å²) in [6.07, 6.45) is 0. The highest BCUT2D eigenvalue weighted by Crippen LogP contribution is 2.29. The van der Waals surface area contributed by atoms with Crippen molar-refractivity contribution in [3.8, 4) is 0 Å². The second kappa shape index (κ2) is 10.5. The molecule has 34 heavy (non-hydrogen) atoms. The van der Waals surface area contributed by atoms with Gasteiger partial charge in [-0.1, -0.05) is 60.7 Å². The van der Waals surface area contributed by atoms with Crippen LogP contribution >= 0.6 is 0 Å². The first-order chi connectivity index (χ1) is 16.3. The SMILES string of the molecule is CC(C(=O)Nc1ccc(S(N)(=O)=O)cc1)N1CCN(C(c2ccccc2)c2ccccc2)CC1. The third-order valence-corrected chi connectivity index (χ3v) is 7.25. The summed E-state index contributed by atoms with van der Waals surface area (Å²) in [5.41, 5.74) is 3.06. The number of carbonyl (C=O) groups excluding carboxylic acids is 1. The average Bonchev–Trinajstić information content (AvgIpc) is 2.85. The molecule has 3 N–H and O–H groups in total. The summed E-state index contributed by atoms with van der Waals surface area (Å²) in [7, 11) is -3.76. The van der Waals surface area contributed by atoms with Crippen LogP contribution in [0.4, 0.5) is 5.69 Å². The molecule has 3 aromatic rings. The Hall–Kier alpha value is -3.04. The van der Waals surface area contributed by atoms with E-state index in [2.05, 4.69) is 63.6 Å². The number of piperazine rings is 1. The number of nitrogens with one attached hydrogen (secondary N) is 1. The third kappa shape index (κ3) is 5.71. The van der Waals surface area contributed by atoms with Crippen LogP contribution in [0.5, 0.6) is 0 Å². The monoisotopic (exact) mass is 478 g/mol. The Labute approximate surface area is 201 Å². The fourth-order valence-electron chi connectivity index (χ4n) is 4.41. The van der Waals surface area contributed by atoms with E-state index in [4.69, 9.17) is 5.14 Å². The molecule has 3 aromatic carbocycles. The van der Waals surface area contributed by atoms with Crippen molar-refractivity contribution in [2.75, 3.05) is 31.5 Å². The quantitative estimate of drug-likeness (QED) is 0.544. The smallest absolute Gasteiger partial charge is 0.241 e. The van der Waals surface area contributed by atoms with Gasteiger partial charge < -0.3 is 5.32 Å². The largest absolute Gasteiger partial charge is 0.325 e. The van der Waals surface area contributed by atoms with Crippen molar-refractivity contribution < 1.29 is 13.2 Å². The minimum Gasteiger partial charge on any atom is -0.325 e. The van der Waals surface area contributed by atoms with Gasteiger partial charge in [-0.15, -0.1) is 0 Å². The Bertz CT molecular complexity index is 1150. The Morgan fingerprint density at radius 2 is 1.26 bits per heavy atom. The Kier molecular flexibility index (Phi) is 7.43. The van der Waals surface area contributed by atoms with Crippen LogP contribution in [0.2, 0.25) is 0 Å². The van der Waals surface area contributed by atoms with Gasteiger partial charge in [0.15, 0.2) is 0 Å². The molecular weight excluding hydrogens is 448 g/mol. The summed E-state index contributed by atoms with van der Waals surface area (Å²) >= 11 is 0. The lowest BCUT2D eigenvalue weighted by atomic mass is 9.96. The number of carbonyl (C=O) groups is 1. The van der Waals surface area contributed by atoms with Crippen LogP contribution in [0, 0.1) is 0 Å². The zero-order valence-corrected chi connectivity index (χ0v) is 20.0. The summed E-state index contributed by atoms with van der Waals surface area (Å²) < 4.78 is 22.8. The second-order valence-corrected chi connectivity index (χ2v) is 10.1. The molecule has 8 heteroatoms. The van der Waals surface area contributed by atoms with Gasteiger partial charge in [0.25, 0.3) is 0 Å². The maximum absolute atomic E-state index is 12.8. The van der Waals surface area contributed by atoms with Crippen molar-refractivity contribution in [1.82, 2.24) is 9.80 Å². The van der Waals surface area contributed by atoms with E-state index in [0.29, 0.717) is 5.69 Å². The molecular formula is C26H30N4O3S. The van der Waals surface area contributed by atoms with Gasteiger partial charge in [-0.2, -0.15) is 0 Å². The molecule has 0 bridgehead atoms. The highest BCUT2D eigenvalue weighted by Gasteiger charge is 2.30.